The number of hydrogen-bond acceptors (Lipinski definition) is 8. The molecule has 1 N–H and O–H groups in total. The number of Topliss-reactive ketones (excluding diaryl/α,β-unsaturated/α-hetero) is 1. The fraction of sp³-hybridized carbons (Fsp3) is 0.533. The number of terminal acetylenes is 1. The standard InChI is InChI=1S/C30H39N5O4S/c1-7-21-17-35(26(20(4)36)27(21)39-6)29(38)24(16-19(2)3)31-28(37)23-10-8-22(9-11-23)25-18-40-30(32-25)34-14-12-33(5)13-15-34/h1,8-11,18-19,21,24,26-27H,12-17H2,2-6H3,(H,31,37)/t21?,24?,26-,27-/m1/s1. The lowest BCUT2D eigenvalue weighted by Crippen LogP contribution is -2.53. The quantitative estimate of drug-likeness (QED) is 0.467. The van der Waals surface area contributed by atoms with Crippen molar-refractivity contribution in [2.45, 2.75) is 45.4 Å². The third kappa shape index (κ3) is 6.54. The van der Waals surface area contributed by atoms with Crippen LogP contribution in [0, 0.1) is 24.2 Å². The van der Waals surface area contributed by atoms with E-state index in [-0.39, 0.29) is 30.1 Å². The Bertz CT molecular complexity index is 1250. The molecule has 2 fully saturated rings. The Kier molecular flexibility index (Phi) is 9.61. The van der Waals surface area contributed by atoms with E-state index in [1.807, 2.05) is 31.4 Å². The van der Waals surface area contributed by atoms with Gasteiger partial charge in [0.05, 0.1) is 11.6 Å². The number of likely N-dealkylation sites (tertiary alicyclic amines) is 1. The van der Waals surface area contributed by atoms with Crippen LogP contribution < -0.4 is 10.2 Å². The zero-order valence-electron chi connectivity index (χ0n) is 23.9. The summed E-state index contributed by atoms with van der Waals surface area (Å²) in [6.45, 7) is 9.57. The molecule has 1 aromatic heterocycles. The Balaban J connectivity index is 1.46. The first kappa shape index (κ1) is 29.7. The molecule has 2 aromatic rings. The van der Waals surface area contributed by atoms with Crippen molar-refractivity contribution >= 4 is 34.1 Å². The summed E-state index contributed by atoms with van der Waals surface area (Å²) in [6.07, 6.45) is 5.53. The van der Waals surface area contributed by atoms with Crippen molar-refractivity contribution in [3.8, 4) is 23.6 Å². The van der Waals surface area contributed by atoms with Gasteiger partial charge in [-0.3, -0.25) is 14.4 Å². The number of piperazine rings is 1. The van der Waals surface area contributed by atoms with Gasteiger partial charge < -0.3 is 24.8 Å². The molecule has 2 saturated heterocycles. The average Bonchev–Trinajstić information content (AvgIpc) is 3.58. The van der Waals surface area contributed by atoms with Crippen LogP contribution in [-0.2, 0) is 14.3 Å². The molecular formula is C30H39N5O4S. The number of methoxy groups -OCH3 is 1. The number of nitrogens with one attached hydrogen (secondary N) is 1. The largest absolute Gasteiger partial charge is 0.377 e. The molecule has 2 aliphatic heterocycles. The highest BCUT2D eigenvalue weighted by molar-refractivity contribution is 7.14. The van der Waals surface area contributed by atoms with E-state index >= 15 is 0 Å². The van der Waals surface area contributed by atoms with Gasteiger partial charge in [0, 0.05) is 56.3 Å². The van der Waals surface area contributed by atoms with Gasteiger partial charge in [-0.05, 0) is 38.4 Å². The minimum Gasteiger partial charge on any atom is -0.377 e. The van der Waals surface area contributed by atoms with Crippen LogP contribution >= 0.6 is 11.3 Å². The third-order valence-electron chi connectivity index (χ3n) is 7.64. The van der Waals surface area contributed by atoms with E-state index in [9.17, 15) is 14.4 Å². The smallest absolute Gasteiger partial charge is 0.251 e. The molecule has 4 rings (SSSR count). The average molecular weight is 566 g/mol. The van der Waals surface area contributed by atoms with E-state index in [2.05, 4.69) is 28.1 Å². The lowest BCUT2D eigenvalue weighted by Gasteiger charge is -2.32. The van der Waals surface area contributed by atoms with Crippen LogP contribution in [0.5, 0.6) is 0 Å². The van der Waals surface area contributed by atoms with E-state index in [1.54, 1.807) is 23.5 Å². The number of ether oxygens (including phenoxy) is 1. The summed E-state index contributed by atoms with van der Waals surface area (Å²) in [5, 5.41) is 5.97. The Morgan fingerprint density at radius 3 is 2.42 bits per heavy atom. The van der Waals surface area contributed by atoms with Crippen LogP contribution in [-0.4, -0.2) is 97.5 Å². The second-order valence-electron chi connectivity index (χ2n) is 11.1. The predicted octanol–water partition coefficient (Wildman–Crippen LogP) is 2.77. The zero-order valence-corrected chi connectivity index (χ0v) is 24.7. The number of ketones is 1. The molecule has 0 aliphatic carbocycles. The number of carbonyl (C=O) groups excluding carboxylic acids is 3. The normalized spacial score (nSPS) is 22.3. The number of carbonyl (C=O) groups is 3. The highest BCUT2D eigenvalue weighted by Gasteiger charge is 2.47. The lowest BCUT2D eigenvalue weighted by atomic mass is 9.99. The Labute approximate surface area is 240 Å². The fourth-order valence-corrected chi connectivity index (χ4v) is 6.30. The number of rotatable bonds is 9. The predicted molar refractivity (Wildman–Crippen MR) is 157 cm³/mol. The summed E-state index contributed by atoms with van der Waals surface area (Å²) in [7, 11) is 3.62. The first-order valence-electron chi connectivity index (χ1n) is 13.7. The minimum atomic E-state index is -0.798. The molecule has 9 nitrogen and oxygen atoms in total. The molecule has 0 spiro atoms. The van der Waals surface area contributed by atoms with Crippen LogP contribution in [0.15, 0.2) is 29.6 Å². The van der Waals surface area contributed by atoms with Crippen LogP contribution in [0.4, 0.5) is 5.13 Å². The van der Waals surface area contributed by atoms with Crippen molar-refractivity contribution < 1.29 is 19.1 Å². The van der Waals surface area contributed by atoms with Gasteiger partial charge in [0.1, 0.15) is 18.2 Å². The number of anilines is 1. The molecule has 4 atom stereocenters. The van der Waals surface area contributed by atoms with Crippen molar-refractivity contribution in [3.05, 3.63) is 35.2 Å². The maximum atomic E-state index is 13.7. The summed E-state index contributed by atoms with van der Waals surface area (Å²) < 4.78 is 5.51. The maximum absolute atomic E-state index is 13.7. The molecule has 214 valence electrons. The van der Waals surface area contributed by atoms with Gasteiger partial charge in [0.15, 0.2) is 10.9 Å². The molecule has 0 bridgehead atoms. The molecule has 10 heteroatoms. The summed E-state index contributed by atoms with van der Waals surface area (Å²) in [5.41, 5.74) is 2.25. The van der Waals surface area contributed by atoms with Gasteiger partial charge in [0.25, 0.3) is 5.91 Å². The summed E-state index contributed by atoms with van der Waals surface area (Å²) >= 11 is 1.63. The molecule has 3 heterocycles. The molecule has 2 amide bonds. The highest BCUT2D eigenvalue weighted by Crippen LogP contribution is 2.30. The van der Waals surface area contributed by atoms with Crippen LogP contribution in [0.25, 0.3) is 11.3 Å². The van der Waals surface area contributed by atoms with Crippen molar-refractivity contribution in [1.82, 2.24) is 20.1 Å². The summed E-state index contributed by atoms with van der Waals surface area (Å²) in [6, 6.07) is 5.68. The van der Waals surface area contributed by atoms with Gasteiger partial charge in [-0.1, -0.05) is 31.9 Å². The number of amides is 2. The van der Waals surface area contributed by atoms with Crippen molar-refractivity contribution in [2.75, 3.05) is 51.8 Å². The van der Waals surface area contributed by atoms with E-state index in [1.165, 1.54) is 18.9 Å². The van der Waals surface area contributed by atoms with E-state index < -0.39 is 24.1 Å². The third-order valence-corrected chi connectivity index (χ3v) is 8.54. The number of hydrogen-bond donors (Lipinski definition) is 1. The van der Waals surface area contributed by atoms with Crippen LogP contribution in [0.1, 0.15) is 37.6 Å². The number of thiazole rings is 1. The summed E-state index contributed by atoms with van der Waals surface area (Å²) in [5.74, 6) is 1.53. The van der Waals surface area contributed by atoms with Crippen molar-refractivity contribution in [2.24, 2.45) is 11.8 Å². The van der Waals surface area contributed by atoms with Gasteiger partial charge in [0.2, 0.25) is 5.91 Å². The van der Waals surface area contributed by atoms with Crippen LogP contribution in [0.2, 0.25) is 0 Å². The summed E-state index contributed by atoms with van der Waals surface area (Å²) in [4.78, 5) is 50.4. The van der Waals surface area contributed by atoms with Gasteiger partial charge in [-0.15, -0.1) is 17.8 Å². The van der Waals surface area contributed by atoms with Crippen molar-refractivity contribution in [1.29, 1.82) is 0 Å². The van der Waals surface area contributed by atoms with E-state index in [4.69, 9.17) is 16.1 Å². The van der Waals surface area contributed by atoms with Crippen LogP contribution in [0.3, 0.4) is 0 Å². The second kappa shape index (κ2) is 12.9. The SMILES string of the molecule is C#CC1CN(C(=O)C(CC(C)C)NC(=O)c2ccc(-c3csc(N4CCN(C)CC4)n3)cc2)[C@H](C(C)=O)[C@@H]1OC. The maximum Gasteiger partial charge on any atom is 0.251 e. The van der Waals surface area contributed by atoms with Gasteiger partial charge in [-0.2, -0.15) is 0 Å². The van der Waals surface area contributed by atoms with Crippen molar-refractivity contribution in [3.63, 3.8) is 0 Å². The molecular weight excluding hydrogens is 526 g/mol. The first-order valence-corrected chi connectivity index (χ1v) is 14.6. The Hall–Kier alpha value is -3.26. The topological polar surface area (TPSA) is 95.1 Å². The first-order chi connectivity index (χ1) is 19.1. The number of benzene rings is 1. The van der Waals surface area contributed by atoms with Gasteiger partial charge in [-0.25, -0.2) is 4.98 Å². The molecule has 2 unspecified atom stereocenters. The monoisotopic (exact) mass is 565 g/mol. The Morgan fingerprint density at radius 2 is 1.85 bits per heavy atom. The van der Waals surface area contributed by atoms with Gasteiger partial charge >= 0.3 is 0 Å². The fourth-order valence-electron chi connectivity index (χ4n) is 5.41. The molecule has 1 aromatic carbocycles. The number of likely N-dealkylation sites (N-methyl/N-ethyl adjacent to an activating group) is 1. The minimum absolute atomic E-state index is 0.135. The molecule has 2 aliphatic rings. The van der Waals surface area contributed by atoms with E-state index in [0.717, 1.165) is 42.6 Å². The number of aromatic nitrogens is 1. The second-order valence-corrected chi connectivity index (χ2v) is 11.9. The number of nitrogens with zero attached hydrogens (tertiary/aromatic N) is 4. The lowest BCUT2D eigenvalue weighted by molar-refractivity contribution is -0.141. The highest BCUT2D eigenvalue weighted by atomic mass is 32.1. The molecule has 0 radical (unpaired) electrons. The molecule has 0 saturated carbocycles. The zero-order chi connectivity index (χ0) is 29.0. The van der Waals surface area contributed by atoms with E-state index in [0.29, 0.717) is 12.0 Å². The molecule has 40 heavy (non-hydrogen) atoms. The Morgan fingerprint density at radius 1 is 1.18 bits per heavy atom.